The van der Waals surface area contributed by atoms with Gasteiger partial charge in [0, 0.05) is 17.6 Å². The number of rotatable bonds is 3. The van der Waals surface area contributed by atoms with Crippen molar-refractivity contribution in [3.8, 4) is 11.6 Å². The van der Waals surface area contributed by atoms with E-state index in [1.807, 2.05) is 6.92 Å². The van der Waals surface area contributed by atoms with Crippen molar-refractivity contribution in [2.45, 2.75) is 6.92 Å². The predicted molar refractivity (Wildman–Crippen MR) is 70.5 cm³/mol. The lowest BCUT2D eigenvalue weighted by Gasteiger charge is -2.10. The van der Waals surface area contributed by atoms with E-state index in [0.717, 1.165) is 5.56 Å². The van der Waals surface area contributed by atoms with Gasteiger partial charge in [-0.3, -0.25) is 0 Å². The summed E-state index contributed by atoms with van der Waals surface area (Å²) < 4.78 is 19.4. The number of nitrogens with zero attached hydrogens (tertiary/aromatic N) is 2. The van der Waals surface area contributed by atoms with Crippen LogP contribution in [0.4, 0.5) is 10.2 Å². The number of aromatic nitrogens is 2. The summed E-state index contributed by atoms with van der Waals surface area (Å²) in [6.07, 6.45) is 1.39. The summed E-state index contributed by atoms with van der Waals surface area (Å²) >= 11 is 3.21. The van der Waals surface area contributed by atoms with Crippen LogP contribution < -0.4 is 10.1 Å². The van der Waals surface area contributed by atoms with Gasteiger partial charge >= 0.3 is 0 Å². The van der Waals surface area contributed by atoms with E-state index < -0.39 is 0 Å². The van der Waals surface area contributed by atoms with Gasteiger partial charge in [-0.15, -0.1) is 0 Å². The van der Waals surface area contributed by atoms with E-state index in [9.17, 15) is 4.39 Å². The molecule has 0 saturated carbocycles. The van der Waals surface area contributed by atoms with Crippen LogP contribution >= 0.6 is 15.9 Å². The van der Waals surface area contributed by atoms with Crippen LogP contribution in [0.15, 0.2) is 29.0 Å². The number of hydrogen-bond donors (Lipinski definition) is 1. The fourth-order valence-electron chi connectivity index (χ4n) is 1.49. The Morgan fingerprint density at radius 1 is 1.28 bits per heavy atom. The average molecular weight is 312 g/mol. The van der Waals surface area contributed by atoms with E-state index in [-0.39, 0.29) is 5.82 Å². The molecule has 6 heteroatoms. The van der Waals surface area contributed by atoms with Gasteiger partial charge in [-0.1, -0.05) is 15.9 Å². The molecular weight excluding hydrogens is 301 g/mol. The molecule has 0 radical (unpaired) electrons. The molecular formula is C12H11BrFN3O. The molecule has 0 saturated heterocycles. The molecule has 2 rings (SSSR count). The molecule has 0 atom stereocenters. The molecule has 94 valence electrons. The second-order valence-electron chi connectivity index (χ2n) is 3.61. The highest BCUT2D eigenvalue weighted by atomic mass is 79.9. The van der Waals surface area contributed by atoms with Crippen LogP contribution in [0.5, 0.6) is 11.6 Å². The molecule has 0 unspecified atom stereocenters. The first-order valence-electron chi connectivity index (χ1n) is 5.23. The van der Waals surface area contributed by atoms with Crippen LogP contribution in [0.25, 0.3) is 0 Å². The standard InChI is InChI=1S/C12H11BrFN3O/c1-7-11(15-2)16-6-17-12(7)18-10-4-8(13)3-9(14)5-10/h3-6H,1-2H3,(H,15,16,17). The molecule has 18 heavy (non-hydrogen) atoms. The van der Waals surface area contributed by atoms with E-state index in [2.05, 4.69) is 31.2 Å². The maximum absolute atomic E-state index is 13.2. The number of benzene rings is 1. The van der Waals surface area contributed by atoms with Crippen LogP contribution in [0.2, 0.25) is 0 Å². The van der Waals surface area contributed by atoms with Crippen molar-refractivity contribution in [1.29, 1.82) is 0 Å². The van der Waals surface area contributed by atoms with Crippen molar-refractivity contribution in [3.05, 3.63) is 40.4 Å². The molecule has 0 spiro atoms. The molecule has 0 aliphatic rings. The normalized spacial score (nSPS) is 10.2. The minimum absolute atomic E-state index is 0.375. The minimum Gasteiger partial charge on any atom is -0.438 e. The third-order valence-electron chi connectivity index (χ3n) is 2.33. The Morgan fingerprint density at radius 3 is 2.72 bits per heavy atom. The largest absolute Gasteiger partial charge is 0.438 e. The third-order valence-corrected chi connectivity index (χ3v) is 2.78. The second-order valence-corrected chi connectivity index (χ2v) is 4.53. The van der Waals surface area contributed by atoms with Gasteiger partial charge in [0.1, 0.15) is 23.7 Å². The van der Waals surface area contributed by atoms with Gasteiger partial charge in [0.05, 0.1) is 5.56 Å². The zero-order chi connectivity index (χ0) is 13.1. The molecule has 0 aliphatic carbocycles. The molecule has 0 amide bonds. The summed E-state index contributed by atoms with van der Waals surface area (Å²) in [5.74, 6) is 1.08. The van der Waals surface area contributed by atoms with E-state index in [1.165, 1.54) is 18.5 Å². The number of anilines is 1. The van der Waals surface area contributed by atoms with Gasteiger partial charge in [0.25, 0.3) is 0 Å². The topological polar surface area (TPSA) is 47.0 Å². The Labute approximate surface area is 112 Å². The average Bonchev–Trinajstić information content (AvgIpc) is 2.30. The molecule has 0 bridgehead atoms. The molecule has 0 aliphatic heterocycles. The lowest BCUT2D eigenvalue weighted by Crippen LogP contribution is -2.00. The summed E-state index contributed by atoms with van der Waals surface area (Å²) in [4.78, 5) is 8.08. The van der Waals surface area contributed by atoms with Crippen LogP contribution in [0, 0.1) is 12.7 Å². The summed E-state index contributed by atoms with van der Waals surface area (Å²) in [6, 6.07) is 4.33. The Balaban J connectivity index is 2.34. The van der Waals surface area contributed by atoms with Gasteiger partial charge in [-0.25, -0.2) is 14.4 Å². The fraction of sp³-hybridized carbons (Fsp3) is 0.167. The van der Waals surface area contributed by atoms with Gasteiger partial charge in [-0.05, 0) is 19.1 Å². The summed E-state index contributed by atoms with van der Waals surface area (Å²) in [5, 5.41) is 2.93. The Hall–Kier alpha value is -1.69. The number of nitrogens with one attached hydrogen (secondary N) is 1. The molecule has 2 aromatic rings. The van der Waals surface area contributed by atoms with E-state index in [1.54, 1.807) is 13.1 Å². The van der Waals surface area contributed by atoms with Gasteiger partial charge < -0.3 is 10.1 Å². The lowest BCUT2D eigenvalue weighted by molar-refractivity contribution is 0.453. The first-order valence-corrected chi connectivity index (χ1v) is 6.02. The van der Waals surface area contributed by atoms with Gasteiger partial charge in [0.2, 0.25) is 5.88 Å². The zero-order valence-corrected chi connectivity index (χ0v) is 11.5. The fourth-order valence-corrected chi connectivity index (χ4v) is 1.93. The maximum atomic E-state index is 13.2. The Kier molecular flexibility index (Phi) is 3.76. The van der Waals surface area contributed by atoms with Crippen molar-refractivity contribution < 1.29 is 9.13 Å². The molecule has 1 aromatic carbocycles. The quantitative estimate of drug-likeness (QED) is 0.942. The van der Waals surface area contributed by atoms with E-state index in [4.69, 9.17) is 4.74 Å². The summed E-state index contributed by atoms with van der Waals surface area (Å²) in [6.45, 7) is 1.83. The maximum Gasteiger partial charge on any atom is 0.227 e. The zero-order valence-electron chi connectivity index (χ0n) is 9.87. The van der Waals surface area contributed by atoms with Crippen LogP contribution in [-0.2, 0) is 0 Å². The smallest absolute Gasteiger partial charge is 0.227 e. The van der Waals surface area contributed by atoms with E-state index in [0.29, 0.717) is 21.9 Å². The van der Waals surface area contributed by atoms with Crippen LogP contribution in [0.3, 0.4) is 0 Å². The second kappa shape index (κ2) is 5.30. The Morgan fingerprint density at radius 2 is 2.06 bits per heavy atom. The molecule has 1 heterocycles. The highest BCUT2D eigenvalue weighted by Crippen LogP contribution is 2.28. The van der Waals surface area contributed by atoms with E-state index >= 15 is 0 Å². The van der Waals surface area contributed by atoms with Crippen molar-refractivity contribution in [2.75, 3.05) is 12.4 Å². The lowest BCUT2D eigenvalue weighted by atomic mass is 10.3. The highest BCUT2D eigenvalue weighted by molar-refractivity contribution is 9.10. The summed E-state index contributed by atoms with van der Waals surface area (Å²) in [5.41, 5.74) is 0.764. The summed E-state index contributed by atoms with van der Waals surface area (Å²) in [7, 11) is 1.76. The number of ether oxygens (including phenoxy) is 1. The third kappa shape index (κ3) is 2.76. The van der Waals surface area contributed by atoms with Crippen LogP contribution in [0.1, 0.15) is 5.56 Å². The van der Waals surface area contributed by atoms with Gasteiger partial charge in [-0.2, -0.15) is 0 Å². The van der Waals surface area contributed by atoms with Crippen molar-refractivity contribution in [3.63, 3.8) is 0 Å². The predicted octanol–water partition coefficient (Wildman–Crippen LogP) is 3.52. The monoisotopic (exact) mass is 311 g/mol. The van der Waals surface area contributed by atoms with Crippen molar-refractivity contribution in [2.24, 2.45) is 0 Å². The number of hydrogen-bond acceptors (Lipinski definition) is 4. The minimum atomic E-state index is -0.375. The Bertz CT molecular complexity index is 557. The highest BCUT2D eigenvalue weighted by Gasteiger charge is 2.09. The van der Waals surface area contributed by atoms with Gasteiger partial charge in [0.15, 0.2) is 0 Å². The first-order chi connectivity index (χ1) is 8.60. The van der Waals surface area contributed by atoms with Crippen molar-refractivity contribution in [1.82, 2.24) is 9.97 Å². The van der Waals surface area contributed by atoms with Crippen molar-refractivity contribution >= 4 is 21.7 Å². The molecule has 4 nitrogen and oxygen atoms in total. The molecule has 0 fully saturated rings. The number of halogens is 2. The van der Waals surface area contributed by atoms with Crippen LogP contribution in [-0.4, -0.2) is 17.0 Å². The first kappa shape index (κ1) is 12.8. The molecule has 1 aromatic heterocycles. The SMILES string of the molecule is CNc1ncnc(Oc2cc(F)cc(Br)c2)c1C. The molecule has 1 N–H and O–H groups in total.